The molecule has 0 N–H and O–H groups in total. The van der Waals surface area contributed by atoms with Crippen molar-refractivity contribution in [2.24, 2.45) is 0 Å². The van der Waals surface area contributed by atoms with Gasteiger partial charge in [0, 0.05) is 25.1 Å². The maximum absolute atomic E-state index is 12.4. The van der Waals surface area contributed by atoms with Gasteiger partial charge < -0.3 is 14.2 Å². The molecule has 2 aromatic carbocycles. The van der Waals surface area contributed by atoms with Crippen LogP contribution in [0.2, 0.25) is 0 Å². The Labute approximate surface area is 173 Å². The molecule has 0 saturated heterocycles. The Balaban J connectivity index is 1.43. The van der Waals surface area contributed by atoms with Gasteiger partial charge >= 0.3 is 0 Å². The normalized spacial score (nSPS) is 12.8. The smallest absolute Gasteiger partial charge is 0.261 e. The van der Waals surface area contributed by atoms with Gasteiger partial charge in [-0.1, -0.05) is 12.1 Å². The maximum Gasteiger partial charge on any atom is 0.261 e. The SMILES string of the molecule is COCOc1ccc(-c2nccnc2OCCN2C(=O)c3ccccc3C2=O)cc1. The number of rotatable bonds is 8. The highest BCUT2D eigenvalue weighted by molar-refractivity contribution is 6.21. The molecule has 0 bridgehead atoms. The minimum atomic E-state index is -0.315. The summed E-state index contributed by atoms with van der Waals surface area (Å²) < 4.78 is 16.0. The molecule has 0 unspecified atom stereocenters. The molecule has 0 atom stereocenters. The number of methoxy groups -OCH3 is 1. The lowest BCUT2D eigenvalue weighted by atomic mass is 10.1. The third-order valence-electron chi connectivity index (χ3n) is 4.57. The lowest BCUT2D eigenvalue weighted by Gasteiger charge is -2.15. The summed E-state index contributed by atoms with van der Waals surface area (Å²) in [6.45, 7) is 0.384. The van der Waals surface area contributed by atoms with Gasteiger partial charge in [0.1, 0.15) is 18.1 Å². The number of benzene rings is 2. The fourth-order valence-corrected chi connectivity index (χ4v) is 3.14. The van der Waals surface area contributed by atoms with E-state index in [-0.39, 0.29) is 31.8 Å². The van der Waals surface area contributed by atoms with Crippen molar-refractivity contribution in [1.29, 1.82) is 0 Å². The second-order valence-electron chi connectivity index (χ2n) is 6.44. The minimum Gasteiger partial charge on any atom is -0.474 e. The highest BCUT2D eigenvalue weighted by Gasteiger charge is 2.34. The Bertz CT molecular complexity index is 1030. The number of imide groups is 1. The summed E-state index contributed by atoms with van der Waals surface area (Å²) in [6, 6.07) is 14.0. The van der Waals surface area contributed by atoms with E-state index in [0.29, 0.717) is 28.5 Å². The average molecular weight is 405 g/mol. The largest absolute Gasteiger partial charge is 0.474 e. The first-order chi connectivity index (χ1) is 14.7. The Morgan fingerprint density at radius 2 is 1.53 bits per heavy atom. The number of carbonyl (C=O) groups excluding carboxylic acids is 2. The van der Waals surface area contributed by atoms with Crippen LogP contribution in [0, 0.1) is 0 Å². The molecule has 0 radical (unpaired) electrons. The number of fused-ring (bicyclic) bond motifs is 1. The topological polar surface area (TPSA) is 90.8 Å². The van der Waals surface area contributed by atoms with E-state index in [1.54, 1.807) is 49.7 Å². The van der Waals surface area contributed by atoms with Crippen LogP contribution in [0.15, 0.2) is 60.9 Å². The van der Waals surface area contributed by atoms with Crippen LogP contribution in [0.3, 0.4) is 0 Å². The number of hydrogen-bond donors (Lipinski definition) is 0. The van der Waals surface area contributed by atoms with Crippen molar-refractivity contribution < 1.29 is 23.8 Å². The highest BCUT2D eigenvalue weighted by atomic mass is 16.7. The second kappa shape index (κ2) is 8.71. The van der Waals surface area contributed by atoms with Gasteiger partial charge in [-0.2, -0.15) is 0 Å². The Morgan fingerprint density at radius 3 is 2.20 bits per heavy atom. The molecule has 0 fully saturated rings. The van der Waals surface area contributed by atoms with Crippen molar-refractivity contribution in [3.05, 3.63) is 72.1 Å². The van der Waals surface area contributed by atoms with Gasteiger partial charge in [0.2, 0.25) is 5.88 Å². The maximum atomic E-state index is 12.4. The minimum absolute atomic E-state index is 0.103. The number of hydrogen-bond acceptors (Lipinski definition) is 7. The number of aromatic nitrogens is 2. The fourth-order valence-electron chi connectivity index (χ4n) is 3.14. The Kier molecular flexibility index (Phi) is 5.67. The Morgan fingerprint density at radius 1 is 0.867 bits per heavy atom. The van der Waals surface area contributed by atoms with E-state index in [0.717, 1.165) is 5.56 Å². The number of ether oxygens (including phenoxy) is 3. The van der Waals surface area contributed by atoms with E-state index in [2.05, 4.69) is 9.97 Å². The molecular weight excluding hydrogens is 386 g/mol. The van der Waals surface area contributed by atoms with Crippen molar-refractivity contribution >= 4 is 11.8 Å². The van der Waals surface area contributed by atoms with E-state index in [9.17, 15) is 9.59 Å². The molecule has 30 heavy (non-hydrogen) atoms. The zero-order valence-corrected chi connectivity index (χ0v) is 16.3. The van der Waals surface area contributed by atoms with Crippen LogP contribution in [0.5, 0.6) is 11.6 Å². The summed E-state index contributed by atoms with van der Waals surface area (Å²) in [4.78, 5) is 34.7. The van der Waals surface area contributed by atoms with E-state index in [1.807, 2.05) is 12.1 Å². The molecule has 1 aromatic heterocycles. The molecule has 1 aliphatic heterocycles. The van der Waals surface area contributed by atoms with Gasteiger partial charge in [-0.3, -0.25) is 14.5 Å². The lowest BCUT2D eigenvalue weighted by Crippen LogP contribution is -2.33. The van der Waals surface area contributed by atoms with Crippen molar-refractivity contribution in [2.75, 3.05) is 27.1 Å². The number of nitrogens with zero attached hydrogens (tertiary/aromatic N) is 3. The zero-order chi connectivity index (χ0) is 20.9. The number of amides is 2. The van der Waals surface area contributed by atoms with E-state index >= 15 is 0 Å². The van der Waals surface area contributed by atoms with Crippen molar-refractivity contribution in [3.8, 4) is 22.9 Å². The van der Waals surface area contributed by atoms with Crippen LogP contribution in [-0.2, 0) is 4.74 Å². The van der Waals surface area contributed by atoms with Crippen LogP contribution in [0.4, 0.5) is 0 Å². The van der Waals surface area contributed by atoms with Gasteiger partial charge in [-0.15, -0.1) is 0 Å². The summed E-state index contributed by atoms with van der Waals surface area (Å²) >= 11 is 0. The third kappa shape index (κ3) is 3.85. The van der Waals surface area contributed by atoms with Gasteiger partial charge in [-0.05, 0) is 36.4 Å². The van der Waals surface area contributed by atoms with Crippen LogP contribution in [0.25, 0.3) is 11.3 Å². The number of carbonyl (C=O) groups is 2. The first-order valence-corrected chi connectivity index (χ1v) is 9.30. The summed E-state index contributed by atoms with van der Waals surface area (Å²) in [5, 5.41) is 0. The molecule has 1 aliphatic rings. The van der Waals surface area contributed by atoms with E-state index in [1.165, 1.54) is 11.1 Å². The first-order valence-electron chi connectivity index (χ1n) is 9.30. The van der Waals surface area contributed by atoms with Crippen molar-refractivity contribution in [2.45, 2.75) is 0 Å². The second-order valence-corrected chi connectivity index (χ2v) is 6.44. The highest BCUT2D eigenvalue weighted by Crippen LogP contribution is 2.27. The molecule has 8 heteroatoms. The van der Waals surface area contributed by atoms with Crippen molar-refractivity contribution in [3.63, 3.8) is 0 Å². The predicted octanol–water partition coefficient (Wildman–Crippen LogP) is 2.80. The first kappa shape index (κ1) is 19.5. The van der Waals surface area contributed by atoms with Crippen molar-refractivity contribution in [1.82, 2.24) is 14.9 Å². The standard InChI is InChI=1S/C22H19N3O5/c1-28-14-30-16-8-6-15(7-9-16)19-20(24-11-10-23-19)29-13-12-25-21(26)17-4-2-3-5-18(17)22(25)27/h2-11H,12-14H2,1H3. The summed E-state index contributed by atoms with van der Waals surface area (Å²) in [7, 11) is 1.56. The van der Waals surface area contributed by atoms with Gasteiger partial charge in [0.05, 0.1) is 17.7 Å². The van der Waals surface area contributed by atoms with Crippen LogP contribution < -0.4 is 9.47 Å². The summed E-state index contributed by atoms with van der Waals surface area (Å²) in [5.74, 6) is 0.354. The van der Waals surface area contributed by atoms with Crippen LogP contribution in [0.1, 0.15) is 20.7 Å². The predicted molar refractivity (Wildman–Crippen MR) is 107 cm³/mol. The molecule has 8 nitrogen and oxygen atoms in total. The lowest BCUT2D eigenvalue weighted by molar-refractivity contribution is 0.0511. The molecule has 2 heterocycles. The summed E-state index contributed by atoms with van der Waals surface area (Å²) in [6.07, 6.45) is 3.10. The fraction of sp³-hybridized carbons (Fsp3) is 0.182. The zero-order valence-electron chi connectivity index (χ0n) is 16.3. The van der Waals surface area contributed by atoms with Crippen LogP contribution in [-0.4, -0.2) is 53.7 Å². The van der Waals surface area contributed by atoms with Crippen LogP contribution >= 0.6 is 0 Å². The monoisotopic (exact) mass is 405 g/mol. The van der Waals surface area contributed by atoms with Gasteiger partial charge in [0.15, 0.2) is 6.79 Å². The van der Waals surface area contributed by atoms with E-state index < -0.39 is 0 Å². The molecule has 4 rings (SSSR count). The van der Waals surface area contributed by atoms with E-state index in [4.69, 9.17) is 14.2 Å². The van der Waals surface area contributed by atoms with Gasteiger partial charge in [-0.25, -0.2) is 9.97 Å². The van der Waals surface area contributed by atoms with Gasteiger partial charge in [0.25, 0.3) is 11.8 Å². The molecule has 0 spiro atoms. The molecule has 0 saturated carbocycles. The quantitative estimate of drug-likeness (QED) is 0.420. The Hall–Kier alpha value is -3.78. The summed E-state index contributed by atoms with van der Waals surface area (Å²) in [5.41, 5.74) is 2.18. The molecule has 2 amide bonds. The molecule has 0 aliphatic carbocycles. The molecule has 3 aromatic rings. The third-order valence-corrected chi connectivity index (χ3v) is 4.57. The molecule has 152 valence electrons. The molecular formula is C22H19N3O5. The average Bonchev–Trinajstić information content (AvgIpc) is 3.03.